The molecule has 0 saturated heterocycles. The summed E-state index contributed by atoms with van der Waals surface area (Å²) in [6.07, 6.45) is 8.82. The summed E-state index contributed by atoms with van der Waals surface area (Å²) in [5, 5.41) is 1.65. The Morgan fingerprint density at radius 2 is 1.86 bits per heavy atom. The van der Waals surface area contributed by atoms with Gasteiger partial charge in [0.2, 0.25) is 0 Å². The number of hydrogen-bond acceptors (Lipinski definition) is 5. The minimum Gasteiger partial charge on any atom is -0.463 e. The van der Waals surface area contributed by atoms with Crippen LogP contribution in [-0.2, 0) is 13.0 Å². The second-order valence-corrected chi connectivity index (χ2v) is 6.58. The summed E-state index contributed by atoms with van der Waals surface area (Å²) >= 11 is 0. The summed E-state index contributed by atoms with van der Waals surface area (Å²) in [6.45, 7) is 0.538. The van der Waals surface area contributed by atoms with E-state index in [1.807, 2.05) is 36.4 Å². The van der Waals surface area contributed by atoms with E-state index in [1.165, 1.54) is 6.33 Å². The Morgan fingerprint density at radius 1 is 1.00 bits per heavy atom. The maximum atomic E-state index is 13.1. The zero-order chi connectivity index (χ0) is 18.9. The van der Waals surface area contributed by atoms with Crippen LogP contribution < -0.4 is 5.56 Å². The molecular formula is C22H16N4O2. The Kier molecular flexibility index (Phi) is 3.94. The van der Waals surface area contributed by atoms with Crippen molar-refractivity contribution in [2.45, 2.75) is 13.0 Å². The largest absolute Gasteiger partial charge is 0.463 e. The molecule has 0 fully saturated rings. The molecule has 0 radical (unpaired) electrons. The summed E-state index contributed by atoms with van der Waals surface area (Å²) in [7, 11) is 0. The SMILES string of the molecule is O=c1c2c(-c3cncnc3)coc2ccn1CCc1ccc2ccccc2n1. The van der Waals surface area contributed by atoms with Crippen molar-refractivity contribution in [1.29, 1.82) is 0 Å². The predicted octanol–water partition coefficient (Wildman–Crippen LogP) is 3.84. The lowest BCUT2D eigenvalue weighted by molar-refractivity contribution is 0.612. The van der Waals surface area contributed by atoms with Crippen LogP contribution in [0.15, 0.2) is 82.9 Å². The number of furan rings is 1. The van der Waals surface area contributed by atoms with Crippen LogP contribution in [0.4, 0.5) is 0 Å². The van der Waals surface area contributed by atoms with E-state index in [4.69, 9.17) is 4.42 Å². The number of aromatic nitrogens is 4. The summed E-state index contributed by atoms with van der Waals surface area (Å²) in [5.41, 5.74) is 3.85. The van der Waals surface area contributed by atoms with Crippen molar-refractivity contribution in [3.05, 3.63) is 89.7 Å². The van der Waals surface area contributed by atoms with Gasteiger partial charge in [-0.25, -0.2) is 9.97 Å². The Hall–Kier alpha value is -3.80. The lowest BCUT2D eigenvalue weighted by atomic mass is 10.1. The highest BCUT2D eigenvalue weighted by Gasteiger charge is 2.14. The molecule has 4 aromatic heterocycles. The van der Waals surface area contributed by atoms with E-state index < -0.39 is 0 Å². The summed E-state index contributed by atoms with van der Waals surface area (Å²) in [6, 6.07) is 13.9. The van der Waals surface area contributed by atoms with Gasteiger partial charge in [-0.1, -0.05) is 24.3 Å². The molecule has 0 atom stereocenters. The van der Waals surface area contributed by atoms with Crippen LogP contribution in [0.25, 0.3) is 33.0 Å². The fraction of sp³-hybridized carbons (Fsp3) is 0.0909. The number of aryl methyl sites for hydroxylation is 2. The van der Waals surface area contributed by atoms with Gasteiger partial charge in [0.15, 0.2) is 0 Å². The molecule has 4 heterocycles. The zero-order valence-corrected chi connectivity index (χ0v) is 14.9. The van der Waals surface area contributed by atoms with Crippen LogP contribution in [0.2, 0.25) is 0 Å². The molecule has 1 aromatic carbocycles. The van der Waals surface area contributed by atoms with E-state index in [9.17, 15) is 4.79 Å². The smallest absolute Gasteiger partial charge is 0.262 e. The molecule has 136 valence electrons. The van der Waals surface area contributed by atoms with E-state index in [0.29, 0.717) is 29.5 Å². The monoisotopic (exact) mass is 368 g/mol. The molecule has 5 rings (SSSR count). The fourth-order valence-corrected chi connectivity index (χ4v) is 3.39. The van der Waals surface area contributed by atoms with Crippen LogP contribution in [0, 0.1) is 0 Å². The maximum Gasteiger partial charge on any atom is 0.262 e. The number of fused-ring (bicyclic) bond motifs is 2. The van der Waals surface area contributed by atoms with Gasteiger partial charge in [-0.05, 0) is 18.2 Å². The highest BCUT2D eigenvalue weighted by molar-refractivity contribution is 5.92. The number of hydrogen-bond donors (Lipinski definition) is 0. The zero-order valence-electron chi connectivity index (χ0n) is 14.9. The Labute approximate surface area is 160 Å². The van der Waals surface area contributed by atoms with E-state index >= 15 is 0 Å². The number of pyridine rings is 2. The normalized spacial score (nSPS) is 11.3. The van der Waals surface area contributed by atoms with Crippen molar-refractivity contribution in [3.63, 3.8) is 0 Å². The average Bonchev–Trinajstić information content (AvgIpc) is 3.19. The van der Waals surface area contributed by atoms with Crippen molar-refractivity contribution in [2.24, 2.45) is 0 Å². The quantitative estimate of drug-likeness (QED) is 0.482. The molecule has 0 aliphatic rings. The van der Waals surface area contributed by atoms with E-state index in [1.54, 1.807) is 29.4 Å². The summed E-state index contributed by atoms with van der Waals surface area (Å²) < 4.78 is 7.27. The highest BCUT2D eigenvalue weighted by atomic mass is 16.3. The maximum absolute atomic E-state index is 13.1. The second-order valence-electron chi connectivity index (χ2n) is 6.58. The third-order valence-electron chi connectivity index (χ3n) is 4.84. The third kappa shape index (κ3) is 2.85. The van der Waals surface area contributed by atoms with Crippen molar-refractivity contribution in [1.82, 2.24) is 19.5 Å². The van der Waals surface area contributed by atoms with E-state index in [0.717, 1.165) is 22.2 Å². The van der Waals surface area contributed by atoms with Gasteiger partial charge >= 0.3 is 0 Å². The number of benzene rings is 1. The molecule has 6 nitrogen and oxygen atoms in total. The molecule has 28 heavy (non-hydrogen) atoms. The first-order valence-corrected chi connectivity index (χ1v) is 9.00. The van der Waals surface area contributed by atoms with Gasteiger partial charge in [-0.2, -0.15) is 0 Å². The molecule has 0 N–H and O–H groups in total. The minimum atomic E-state index is -0.0918. The van der Waals surface area contributed by atoms with Crippen LogP contribution in [0.3, 0.4) is 0 Å². The van der Waals surface area contributed by atoms with Crippen LogP contribution >= 0.6 is 0 Å². The molecule has 0 aliphatic carbocycles. The van der Waals surface area contributed by atoms with Gasteiger partial charge in [-0.3, -0.25) is 9.78 Å². The number of nitrogens with zero attached hydrogens (tertiary/aromatic N) is 4. The molecule has 0 aliphatic heterocycles. The van der Waals surface area contributed by atoms with Crippen molar-refractivity contribution in [3.8, 4) is 11.1 Å². The predicted molar refractivity (Wildman–Crippen MR) is 107 cm³/mol. The first kappa shape index (κ1) is 16.4. The van der Waals surface area contributed by atoms with Gasteiger partial charge in [0.1, 0.15) is 11.9 Å². The Balaban J connectivity index is 1.49. The molecule has 0 saturated carbocycles. The molecule has 0 bridgehead atoms. The molecule has 0 spiro atoms. The number of rotatable bonds is 4. The molecule has 5 aromatic rings. The van der Waals surface area contributed by atoms with Crippen molar-refractivity contribution in [2.75, 3.05) is 0 Å². The van der Waals surface area contributed by atoms with Gasteiger partial charge in [0, 0.05) is 53.8 Å². The van der Waals surface area contributed by atoms with Gasteiger partial charge < -0.3 is 8.98 Å². The van der Waals surface area contributed by atoms with Gasteiger partial charge in [0.25, 0.3) is 5.56 Å². The van der Waals surface area contributed by atoms with Gasteiger partial charge in [-0.15, -0.1) is 0 Å². The first-order chi connectivity index (χ1) is 13.8. The van der Waals surface area contributed by atoms with E-state index in [2.05, 4.69) is 21.0 Å². The second kappa shape index (κ2) is 6.74. The van der Waals surface area contributed by atoms with Gasteiger partial charge in [0.05, 0.1) is 17.2 Å². The Bertz CT molecular complexity index is 1340. The third-order valence-corrected chi connectivity index (χ3v) is 4.84. The fourth-order valence-electron chi connectivity index (χ4n) is 3.39. The van der Waals surface area contributed by atoms with E-state index in [-0.39, 0.29) is 5.56 Å². The van der Waals surface area contributed by atoms with Crippen LogP contribution in [0.5, 0.6) is 0 Å². The van der Waals surface area contributed by atoms with Crippen molar-refractivity contribution < 1.29 is 4.42 Å². The molecule has 0 unspecified atom stereocenters. The van der Waals surface area contributed by atoms with Crippen molar-refractivity contribution >= 4 is 21.9 Å². The lowest BCUT2D eigenvalue weighted by Crippen LogP contribution is -2.20. The highest BCUT2D eigenvalue weighted by Crippen LogP contribution is 2.27. The summed E-state index contributed by atoms with van der Waals surface area (Å²) in [5.74, 6) is 0. The van der Waals surface area contributed by atoms with Crippen LogP contribution in [-0.4, -0.2) is 19.5 Å². The molecular weight excluding hydrogens is 352 g/mol. The average molecular weight is 368 g/mol. The molecule has 6 heteroatoms. The first-order valence-electron chi connectivity index (χ1n) is 9.00. The topological polar surface area (TPSA) is 73.8 Å². The Morgan fingerprint density at radius 3 is 2.75 bits per heavy atom. The lowest BCUT2D eigenvalue weighted by Gasteiger charge is -2.07. The summed E-state index contributed by atoms with van der Waals surface area (Å²) in [4.78, 5) is 25.8. The molecule has 0 amide bonds. The van der Waals surface area contributed by atoms with Crippen LogP contribution in [0.1, 0.15) is 5.69 Å². The standard InChI is InChI=1S/C22H16N4O2/c27-22-21-18(16-11-23-14-24-12-16)13-28-20(21)8-10-26(22)9-7-17-6-5-15-3-1-2-4-19(15)25-17/h1-6,8,10-14H,7,9H2. The minimum absolute atomic E-state index is 0.0918. The number of para-hydroxylation sites is 1.